The minimum absolute atomic E-state index is 0.0224. The van der Waals surface area contributed by atoms with Crippen molar-refractivity contribution in [3.8, 4) is 5.75 Å². The predicted octanol–water partition coefficient (Wildman–Crippen LogP) is -1.71. The first kappa shape index (κ1) is 40.0. The minimum atomic E-state index is -1.42. The van der Waals surface area contributed by atoms with E-state index in [2.05, 4.69) is 26.6 Å². The minimum Gasteiger partial charge on any atom is -0.508 e. The zero-order chi connectivity index (χ0) is 36.3. The number of carbonyl (C=O) groups is 7. The highest BCUT2D eigenvalue weighted by Gasteiger charge is 2.30. The van der Waals surface area contributed by atoms with Crippen molar-refractivity contribution in [1.82, 2.24) is 26.6 Å². The zero-order valence-electron chi connectivity index (χ0n) is 27.0. The molecule has 17 heteroatoms. The summed E-state index contributed by atoms with van der Waals surface area (Å²) in [4.78, 5) is 86.9. The molecule has 0 bridgehead atoms. The number of carboxylic acids is 1. The third-order valence-electron chi connectivity index (χ3n) is 7.07. The predicted molar refractivity (Wildman–Crippen MR) is 181 cm³/mol. The standard InChI is InChI=1S/C32H43N7O9S/c1-49-14-13-23(30(45)39-24(32(47)48)11-12-26(34)41)38-31(46)25(16-19-5-3-2-4-6-19)37-28(43)18-35-27(42)17-36-29(44)22(33)15-20-7-9-21(40)10-8-20/h2-10,22-25,40H,11-18,33H2,1H3,(H2,34,41)(H,35,42)(H,36,44)(H,37,43)(H,38,46)(H,39,45)(H,47,48)/t22-,23-,24-,25-/m0/s1. The van der Waals surface area contributed by atoms with Gasteiger partial charge in [-0.1, -0.05) is 42.5 Å². The maximum atomic E-state index is 13.5. The number of aromatic hydroxyl groups is 1. The van der Waals surface area contributed by atoms with Crippen LogP contribution in [-0.4, -0.2) is 101 Å². The van der Waals surface area contributed by atoms with Gasteiger partial charge in [-0.15, -0.1) is 0 Å². The molecule has 2 aromatic rings. The summed E-state index contributed by atoms with van der Waals surface area (Å²) in [7, 11) is 0. The smallest absolute Gasteiger partial charge is 0.326 e. The molecule has 6 amide bonds. The maximum Gasteiger partial charge on any atom is 0.326 e. The van der Waals surface area contributed by atoms with Crippen LogP contribution in [0.25, 0.3) is 0 Å². The van der Waals surface area contributed by atoms with E-state index in [0.29, 0.717) is 16.9 Å². The van der Waals surface area contributed by atoms with Gasteiger partial charge in [-0.2, -0.15) is 11.8 Å². The van der Waals surface area contributed by atoms with E-state index in [1.54, 1.807) is 48.7 Å². The summed E-state index contributed by atoms with van der Waals surface area (Å²) in [5, 5.41) is 31.1. The molecule has 0 radical (unpaired) electrons. The van der Waals surface area contributed by atoms with Gasteiger partial charge >= 0.3 is 5.97 Å². The summed E-state index contributed by atoms with van der Waals surface area (Å²) in [5.41, 5.74) is 12.4. The van der Waals surface area contributed by atoms with Crippen molar-refractivity contribution in [3.05, 3.63) is 65.7 Å². The molecular formula is C32H43N7O9S. The largest absolute Gasteiger partial charge is 0.508 e. The highest BCUT2D eigenvalue weighted by atomic mass is 32.2. The lowest BCUT2D eigenvalue weighted by Crippen LogP contribution is -2.57. The van der Waals surface area contributed by atoms with E-state index in [9.17, 15) is 43.8 Å². The Kier molecular flexibility index (Phi) is 17.1. The number of benzene rings is 2. The molecule has 0 aromatic heterocycles. The molecule has 2 rings (SSSR count). The van der Waals surface area contributed by atoms with Crippen LogP contribution in [0.15, 0.2) is 54.6 Å². The van der Waals surface area contributed by atoms with E-state index in [0.717, 1.165) is 0 Å². The van der Waals surface area contributed by atoms with Gasteiger partial charge < -0.3 is 48.3 Å². The highest BCUT2D eigenvalue weighted by Crippen LogP contribution is 2.11. The van der Waals surface area contributed by atoms with Crippen LogP contribution < -0.4 is 38.1 Å². The summed E-state index contributed by atoms with van der Waals surface area (Å²) in [6.07, 6.45) is 1.59. The van der Waals surface area contributed by atoms with E-state index in [1.165, 1.54) is 23.9 Å². The lowest BCUT2D eigenvalue weighted by molar-refractivity contribution is -0.142. The Morgan fingerprint density at radius 2 is 1.31 bits per heavy atom. The number of nitrogens with one attached hydrogen (secondary N) is 5. The Morgan fingerprint density at radius 3 is 1.92 bits per heavy atom. The third-order valence-corrected chi connectivity index (χ3v) is 7.71. The molecule has 11 N–H and O–H groups in total. The summed E-state index contributed by atoms with van der Waals surface area (Å²) in [6.45, 7) is -1.00. The van der Waals surface area contributed by atoms with Crippen LogP contribution in [0.2, 0.25) is 0 Å². The molecule has 0 aliphatic heterocycles. The van der Waals surface area contributed by atoms with Crippen molar-refractivity contribution in [2.24, 2.45) is 11.5 Å². The molecular weight excluding hydrogens is 658 g/mol. The second-order valence-electron chi connectivity index (χ2n) is 11.0. The van der Waals surface area contributed by atoms with Gasteiger partial charge in [-0.3, -0.25) is 28.8 Å². The normalized spacial score (nSPS) is 13.1. The number of primary amides is 1. The number of amides is 6. The Hall–Kier alpha value is -5.16. The first-order valence-corrected chi connectivity index (χ1v) is 16.7. The van der Waals surface area contributed by atoms with Crippen LogP contribution in [0.5, 0.6) is 5.75 Å². The number of carboxylic acid groups (broad SMARTS) is 1. The Bertz CT molecular complexity index is 1440. The van der Waals surface area contributed by atoms with Gasteiger partial charge in [0.15, 0.2) is 0 Å². The second kappa shape index (κ2) is 20.9. The first-order valence-electron chi connectivity index (χ1n) is 15.3. The second-order valence-corrected chi connectivity index (χ2v) is 12.0. The van der Waals surface area contributed by atoms with Gasteiger partial charge in [0.1, 0.15) is 23.9 Å². The molecule has 0 fully saturated rings. The van der Waals surface area contributed by atoms with Crippen molar-refractivity contribution >= 4 is 53.2 Å². The van der Waals surface area contributed by atoms with E-state index < -0.39 is 78.7 Å². The van der Waals surface area contributed by atoms with Crippen molar-refractivity contribution in [3.63, 3.8) is 0 Å². The SMILES string of the molecule is CSCC[C@H](NC(=O)[C@H](Cc1ccccc1)NC(=O)CNC(=O)CNC(=O)[C@@H](N)Cc1ccc(O)cc1)C(=O)N[C@@H](CCC(N)=O)C(=O)O. The summed E-state index contributed by atoms with van der Waals surface area (Å²) < 4.78 is 0. The Labute approximate surface area is 287 Å². The molecule has 0 spiro atoms. The summed E-state index contributed by atoms with van der Waals surface area (Å²) in [6, 6.07) is 10.1. The van der Waals surface area contributed by atoms with Crippen molar-refractivity contribution in [2.75, 3.05) is 25.1 Å². The summed E-state index contributed by atoms with van der Waals surface area (Å²) >= 11 is 1.39. The van der Waals surface area contributed by atoms with E-state index >= 15 is 0 Å². The lowest BCUT2D eigenvalue weighted by atomic mass is 10.0. The number of hydrogen-bond donors (Lipinski definition) is 9. The van der Waals surface area contributed by atoms with Gasteiger partial charge in [0.2, 0.25) is 35.4 Å². The van der Waals surface area contributed by atoms with E-state index in [4.69, 9.17) is 11.5 Å². The molecule has 0 aliphatic carbocycles. The van der Waals surface area contributed by atoms with Crippen LogP contribution in [0, 0.1) is 0 Å². The molecule has 4 atom stereocenters. The fourth-order valence-corrected chi connectivity index (χ4v) is 4.89. The number of phenols is 1. The van der Waals surface area contributed by atoms with Gasteiger partial charge in [-0.05, 0) is 54.5 Å². The monoisotopic (exact) mass is 701 g/mol. The quantitative estimate of drug-likeness (QED) is 0.0707. The Morgan fingerprint density at radius 1 is 0.714 bits per heavy atom. The molecule has 0 heterocycles. The van der Waals surface area contributed by atoms with Crippen LogP contribution in [0.4, 0.5) is 0 Å². The van der Waals surface area contributed by atoms with Crippen LogP contribution in [-0.2, 0) is 46.4 Å². The van der Waals surface area contributed by atoms with Crippen molar-refractivity contribution in [1.29, 1.82) is 0 Å². The number of phenolic OH excluding ortho intramolecular Hbond substituents is 1. The molecule has 2 aromatic carbocycles. The molecule has 0 saturated carbocycles. The van der Waals surface area contributed by atoms with Gasteiger partial charge in [0, 0.05) is 12.8 Å². The number of hydrogen-bond acceptors (Lipinski definition) is 10. The van der Waals surface area contributed by atoms with Crippen LogP contribution in [0.3, 0.4) is 0 Å². The third kappa shape index (κ3) is 15.5. The van der Waals surface area contributed by atoms with Gasteiger partial charge in [0.25, 0.3) is 0 Å². The average molecular weight is 702 g/mol. The van der Waals surface area contributed by atoms with Crippen molar-refractivity contribution in [2.45, 2.75) is 56.3 Å². The molecule has 49 heavy (non-hydrogen) atoms. The number of rotatable bonds is 21. The molecule has 0 aliphatic rings. The zero-order valence-corrected chi connectivity index (χ0v) is 27.8. The van der Waals surface area contributed by atoms with Gasteiger partial charge in [0.05, 0.1) is 19.1 Å². The maximum absolute atomic E-state index is 13.5. The first-order chi connectivity index (χ1) is 23.3. The molecule has 0 saturated heterocycles. The van der Waals surface area contributed by atoms with Crippen LogP contribution >= 0.6 is 11.8 Å². The number of thioether (sulfide) groups is 1. The molecule has 16 nitrogen and oxygen atoms in total. The number of aliphatic carboxylic acids is 1. The molecule has 0 unspecified atom stereocenters. The van der Waals surface area contributed by atoms with Crippen LogP contribution in [0.1, 0.15) is 30.4 Å². The van der Waals surface area contributed by atoms with E-state index in [1.807, 2.05) is 0 Å². The fraction of sp³-hybridized carbons (Fsp3) is 0.406. The Balaban J connectivity index is 2.01. The summed E-state index contributed by atoms with van der Waals surface area (Å²) in [5.74, 6) is -5.17. The number of nitrogens with two attached hydrogens (primary N) is 2. The highest BCUT2D eigenvalue weighted by molar-refractivity contribution is 7.98. The topological polar surface area (TPSA) is 272 Å². The van der Waals surface area contributed by atoms with E-state index in [-0.39, 0.29) is 37.9 Å². The molecule has 266 valence electrons. The fourth-order valence-electron chi connectivity index (χ4n) is 4.42. The van der Waals surface area contributed by atoms with Gasteiger partial charge in [-0.25, -0.2) is 4.79 Å². The average Bonchev–Trinajstić information content (AvgIpc) is 3.07. The lowest BCUT2D eigenvalue weighted by Gasteiger charge is -2.24. The van der Waals surface area contributed by atoms with Crippen molar-refractivity contribution < 1.29 is 43.8 Å². The number of carbonyl (C=O) groups excluding carboxylic acids is 6.